The van der Waals surface area contributed by atoms with E-state index in [1.165, 1.54) is 19.3 Å². The normalized spacial score (nSPS) is 21.8. The highest BCUT2D eigenvalue weighted by molar-refractivity contribution is 7.99. The number of nitrogens with two attached hydrogens (primary N) is 1. The van der Waals surface area contributed by atoms with Crippen LogP contribution in [-0.2, 0) is 0 Å². The van der Waals surface area contributed by atoms with Crippen LogP contribution >= 0.6 is 11.8 Å². The van der Waals surface area contributed by atoms with E-state index in [0.717, 1.165) is 12.1 Å². The molecule has 1 fully saturated rings. The Labute approximate surface area is 131 Å². The average Bonchev–Trinajstić information content (AvgIpc) is 2.50. The van der Waals surface area contributed by atoms with Gasteiger partial charge in [-0.05, 0) is 44.2 Å². The molecule has 0 heterocycles. The lowest BCUT2D eigenvalue weighted by atomic mass is 9.94. The van der Waals surface area contributed by atoms with E-state index in [-0.39, 0.29) is 5.91 Å². The van der Waals surface area contributed by atoms with Crippen molar-refractivity contribution in [3.8, 4) is 0 Å². The second kappa shape index (κ2) is 7.59. The third-order valence-corrected chi connectivity index (χ3v) is 5.17. The van der Waals surface area contributed by atoms with Crippen LogP contribution in [0.1, 0.15) is 43.0 Å². The Bertz CT molecular complexity index is 492. The number of carbonyl (C=O) groups excluding carboxylic acids is 1. The van der Waals surface area contributed by atoms with Gasteiger partial charge in [-0.3, -0.25) is 4.79 Å². The zero-order valence-electron chi connectivity index (χ0n) is 12.8. The number of nitrogen functional groups attached to an aromatic ring is 1. The molecule has 0 spiro atoms. The molecule has 1 aliphatic carbocycles. The van der Waals surface area contributed by atoms with E-state index in [0.29, 0.717) is 29.1 Å². The first-order valence-corrected chi connectivity index (χ1v) is 8.91. The maximum atomic E-state index is 11.9. The second-order valence-electron chi connectivity index (χ2n) is 5.47. The standard InChI is InChI=1S/C16H25N3OS/c1-3-18-16(20)11-8-9-12(17)14(10-11)19-13-6-4-5-7-15(13)21-2/h8-10,13,15,19H,3-7,17H2,1-2H3,(H,18,20). The molecule has 1 aromatic carbocycles. The van der Waals surface area contributed by atoms with Crippen molar-refractivity contribution in [3.63, 3.8) is 0 Å². The third-order valence-electron chi connectivity index (χ3n) is 4.00. The summed E-state index contributed by atoms with van der Waals surface area (Å²) in [5.74, 6) is -0.0504. The van der Waals surface area contributed by atoms with Crippen LogP contribution in [0, 0.1) is 0 Å². The highest BCUT2D eigenvalue weighted by Crippen LogP contribution is 2.31. The van der Waals surface area contributed by atoms with Crippen molar-refractivity contribution in [2.24, 2.45) is 0 Å². The lowest BCUT2D eigenvalue weighted by Crippen LogP contribution is -2.34. The van der Waals surface area contributed by atoms with Gasteiger partial charge in [0.05, 0.1) is 11.4 Å². The summed E-state index contributed by atoms with van der Waals surface area (Å²) in [6.45, 7) is 2.54. The summed E-state index contributed by atoms with van der Waals surface area (Å²) in [6, 6.07) is 5.88. The summed E-state index contributed by atoms with van der Waals surface area (Å²) in [7, 11) is 0. The van der Waals surface area contributed by atoms with Gasteiger partial charge in [0.1, 0.15) is 0 Å². The first-order chi connectivity index (χ1) is 10.2. The van der Waals surface area contributed by atoms with Crippen LogP contribution in [-0.4, -0.2) is 30.0 Å². The van der Waals surface area contributed by atoms with Crippen molar-refractivity contribution in [1.29, 1.82) is 0 Å². The fraction of sp³-hybridized carbons (Fsp3) is 0.562. The number of anilines is 2. The van der Waals surface area contributed by atoms with Gasteiger partial charge in [-0.1, -0.05) is 12.8 Å². The molecular formula is C16H25N3OS. The number of carbonyl (C=O) groups is 1. The molecule has 1 amide bonds. The Morgan fingerprint density at radius 3 is 2.86 bits per heavy atom. The van der Waals surface area contributed by atoms with Gasteiger partial charge in [0.15, 0.2) is 0 Å². The molecule has 2 rings (SSSR count). The van der Waals surface area contributed by atoms with Crippen molar-refractivity contribution in [3.05, 3.63) is 23.8 Å². The van der Waals surface area contributed by atoms with Crippen LogP contribution in [0.5, 0.6) is 0 Å². The molecule has 2 atom stereocenters. The highest BCUT2D eigenvalue weighted by atomic mass is 32.2. The molecule has 1 aliphatic rings. The van der Waals surface area contributed by atoms with E-state index in [1.807, 2.05) is 30.8 Å². The quantitative estimate of drug-likeness (QED) is 0.731. The lowest BCUT2D eigenvalue weighted by molar-refractivity contribution is 0.0956. The summed E-state index contributed by atoms with van der Waals surface area (Å²) in [6.07, 6.45) is 7.13. The van der Waals surface area contributed by atoms with Gasteiger partial charge < -0.3 is 16.4 Å². The monoisotopic (exact) mass is 307 g/mol. The van der Waals surface area contributed by atoms with E-state index >= 15 is 0 Å². The fourth-order valence-electron chi connectivity index (χ4n) is 2.83. The molecule has 0 radical (unpaired) electrons. The molecule has 0 bridgehead atoms. The smallest absolute Gasteiger partial charge is 0.251 e. The highest BCUT2D eigenvalue weighted by Gasteiger charge is 2.24. The van der Waals surface area contributed by atoms with Crippen LogP contribution in [0.3, 0.4) is 0 Å². The molecule has 2 unspecified atom stereocenters. The molecule has 21 heavy (non-hydrogen) atoms. The molecule has 0 saturated heterocycles. The van der Waals surface area contributed by atoms with Gasteiger partial charge in [0.25, 0.3) is 5.91 Å². The topological polar surface area (TPSA) is 67.2 Å². The SMILES string of the molecule is CCNC(=O)c1ccc(N)c(NC2CCCCC2SC)c1. The number of amides is 1. The molecule has 4 N–H and O–H groups in total. The third kappa shape index (κ3) is 4.06. The predicted octanol–water partition coefficient (Wildman–Crippen LogP) is 3.10. The van der Waals surface area contributed by atoms with Crippen LogP contribution in [0.4, 0.5) is 11.4 Å². The minimum Gasteiger partial charge on any atom is -0.397 e. The Morgan fingerprint density at radius 1 is 1.38 bits per heavy atom. The number of benzene rings is 1. The summed E-state index contributed by atoms with van der Waals surface area (Å²) >= 11 is 1.91. The van der Waals surface area contributed by atoms with Gasteiger partial charge >= 0.3 is 0 Å². The van der Waals surface area contributed by atoms with Gasteiger partial charge in [-0.2, -0.15) is 11.8 Å². The molecule has 116 valence electrons. The molecular weight excluding hydrogens is 282 g/mol. The molecule has 1 saturated carbocycles. The van der Waals surface area contributed by atoms with Crippen molar-refractivity contribution < 1.29 is 4.79 Å². The number of rotatable bonds is 5. The van der Waals surface area contributed by atoms with Gasteiger partial charge in [0, 0.05) is 23.4 Å². The Morgan fingerprint density at radius 2 is 2.14 bits per heavy atom. The zero-order chi connectivity index (χ0) is 15.2. The van der Waals surface area contributed by atoms with E-state index in [4.69, 9.17) is 5.73 Å². The van der Waals surface area contributed by atoms with Crippen LogP contribution < -0.4 is 16.4 Å². The largest absolute Gasteiger partial charge is 0.397 e. The molecule has 0 aromatic heterocycles. The number of hydrogen-bond donors (Lipinski definition) is 3. The summed E-state index contributed by atoms with van der Waals surface area (Å²) < 4.78 is 0. The first-order valence-electron chi connectivity index (χ1n) is 7.62. The van der Waals surface area contributed by atoms with Crippen molar-refractivity contribution in [1.82, 2.24) is 5.32 Å². The van der Waals surface area contributed by atoms with E-state index in [1.54, 1.807) is 6.07 Å². The van der Waals surface area contributed by atoms with Crippen LogP contribution in [0.2, 0.25) is 0 Å². The van der Waals surface area contributed by atoms with Gasteiger partial charge in [0.2, 0.25) is 0 Å². The molecule has 5 heteroatoms. The Kier molecular flexibility index (Phi) is 5.79. The maximum Gasteiger partial charge on any atom is 0.251 e. The summed E-state index contributed by atoms with van der Waals surface area (Å²) in [4.78, 5) is 11.9. The average molecular weight is 307 g/mol. The predicted molar refractivity (Wildman–Crippen MR) is 92.0 cm³/mol. The summed E-state index contributed by atoms with van der Waals surface area (Å²) in [5, 5.41) is 7.00. The molecule has 1 aromatic rings. The first kappa shape index (κ1) is 16.0. The lowest BCUT2D eigenvalue weighted by Gasteiger charge is -2.32. The number of thioether (sulfide) groups is 1. The molecule has 0 aliphatic heterocycles. The minimum atomic E-state index is -0.0504. The number of hydrogen-bond acceptors (Lipinski definition) is 4. The van der Waals surface area contributed by atoms with Crippen molar-refractivity contribution >= 4 is 29.0 Å². The van der Waals surface area contributed by atoms with E-state index in [9.17, 15) is 4.79 Å². The Balaban J connectivity index is 2.14. The second-order valence-corrected chi connectivity index (χ2v) is 6.55. The summed E-state index contributed by atoms with van der Waals surface area (Å²) in [5.41, 5.74) is 8.31. The van der Waals surface area contributed by atoms with Crippen molar-refractivity contribution in [2.45, 2.75) is 43.9 Å². The maximum absolute atomic E-state index is 11.9. The zero-order valence-corrected chi connectivity index (χ0v) is 13.6. The molecule has 4 nitrogen and oxygen atoms in total. The van der Waals surface area contributed by atoms with Gasteiger partial charge in [-0.25, -0.2) is 0 Å². The van der Waals surface area contributed by atoms with Gasteiger partial charge in [-0.15, -0.1) is 0 Å². The minimum absolute atomic E-state index is 0.0504. The van der Waals surface area contributed by atoms with E-state index in [2.05, 4.69) is 16.9 Å². The van der Waals surface area contributed by atoms with Crippen molar-refractivity contribution in [2.75, 3.05) is 23.9 Å². The van der Waals surface area contributed by atoms with Crippen LogP contribution in [0.15, 0.2) is 18.2 Å². The van der Waals surface area contributed by atoms with Crippen LogP contribution in [0.25, 0.3) is 0 Å². The number of nitrogens with one attached hydrogen (secondary N) is 2. The fourth-order valence-corrected chi connectivity index (χ4v) is 3.76. The Hall–Kier alpha value is -1.36. The van der Waals surface area contributed by atoms with E-state index < -0.39 is 0 Å².